The zero-order valence-electron chi connectivity index (χ0n) is 10.5. The first kappa shape index (κ1) is 15.5. The van der Waals surface area contributed by atoms with E-state index in [1.54, 1.807) is 0 Å². The van der Waals surface area contributed by atoms with Crippen molar-refractivity contribution in [1.29, 1.82) is 0 Å². The Balaban J connectivity index is 1.95. The van der Waals surface area contributed by atoms with Crippen LogP contribution >= 0.6 is 47.8 Å². The number of benzene rings is 1. The Morgan fingerprint density at radius 1 is 1.26 bits per heavy atom. The van der Waals surface area contributed by atoms with Gasteiger partial charge in [0.25, 0.3) is 5.91 Å². The average molecular weight is 454 g/mol. The van der Waals surface area contributed by atoms with E-state index in [1.807, 2.05) is 18.2 Å². The third kappa shape index (κ3) is 4.30. The summed E-state index contributed by atoms with van der Waals surface area (Å²) >= 11 is 10.5. The molecule has 2 nitrogen and oxygen atoms in total. The minimum Gasteiger partial charge on any atom is -0.352 e. The van der Waals surface area contributed by atoms with Gasteiger partial charge in [-0.15, -0.1) is 0 Å². The highest BCUT2D eigenvalue weighted by Gasteiger charge is 2.23. The molecule has 0 saturated heterocycles. The number of hydrogen-bond acceptors (Lipinski definition) is 1. The van der Waals surface area contributed by atoms with Gasteiger partial charge in [-0.05, 0) is 52.9 Å². The molecule has 0 spiro atoms. The van der Waals surface area contributed by atoms with Gasteiger partial charge in [-0.1, -0.05) is 44.7 Å². The molecule has 2 unspecified atom stereocenters. The van der Waals surface area contributed by atoms with E-state index in [1.165, 1.54) is 25.7 Å². The van der Waals surface area contributed by atoms with Gasteiger partial charge in [0.05, 0.1) is 5.56 Å². The molecule has 1 aliphatic rings. The summed E-state index contributed by atoms with van der Waals surface area (Å²) in [6, 6.07) is 5.63. The number of rotatable bonds is 3. The molecule has 0 radical (unpaired) electrons. The topological polar surface area (TPSA) is 29.1 Å². The lowest BCUT2D eigenvalue weighted by Crippen LogP contribution is -2.34. The molecule has 1 fully saturated rings. The summed E-state index contributed by atoms with van der Waals surface area (Å²) in [5.74, 6) is 0.530. The fourth-order valence-electron chi connectivity index (χ4n) is 2.38. The Labute approximate surface area is 139 Å². The Hall–Kier alpha value is 0.130. The van der Waals surface area contributed by atoms with Crippen molar-refractivity contribution in [1.82, 2.24) is 5.32 Å². The summed E-state index contributed by atoms with van der Waals surface area (Å²) in [5, 5.41) is 3.05. The first-order chi connectivity index (χ1) is 9.08. The smallest absolute Gasteiger partial charge is 0.252 e. The van der Waals surface area contributed by atoms with Crippen LogP contribution in [-0.2, 0) is 0 Å². The van der Waals surface area contributed by atoms with E-state index < -0.39 is 0 Å². The molecule has 1 aliphatic carbocycles. The molecule has 0 heterocycles. The molecule has 0 aliphatic heterocycles. The largest absolute Gasteiger partial charge is 0.352 e. The normalized spacial score (nSPS) is 23.1. The minimum absolute atomic E-state index is 0.0153. The van der Waals surface area contributed by atoms with E-state index in [2.05, 4.69) is 53.1 Å². The lowest BCUT2D eigenvalue weighted by Gasteiger charge is -2.27. The molecule has 2 rings (SSSR count). The van der Waals surface area contributed by atoms with Crippen molar-refractivity contribution >= 4 is 53.7 Å². The van der Waals surface area contributed by atoms with E-state index >= 15 is 0 Å². The van der Waals surface area contributed by atoms with E-state index in [9.17, 15) is 4.79 Å². The first-order valence-electron chi connectivity index (χ1n) is 6.45. The standard InChI is InChI=1S/C14H16Br3NO/c15-10-5-6-13(17)11(7-10)14(19)18-8-9-3-1-2-4-12(9)16/h5-7,9,12H,1-4,8H2,(H,18,19). The molecule has 1 aromatic carbocycles. The fourth-order valence-corrected chi connectivity index (χ4v) is 3.95. The molecule has 1 saturated carbocycles. The van der Waals surface area contributed by atoms with Gasteiger partial charge < -0.3 is 5.32 Å². The van der Waals surface area contributed by atoms with Crippen LogP contribution < -0.4 is 5.32 Å². The summed E-state index contributed by atoms with van der Waals surface area (Å²) in [6.07, 6.45) is 4.96. The lowest BCUT2D eigenvalue weighted by molar-refractivity contribution is 0.0943. The zero-order chi connectivity index (χ0) is 13.8. The highest BCUT2D eigenvalue weighted by molar-refractivity contribution is 9.11. The number of alkyl halides is 1. The highest BCUT2D eigenvalue weighted by Crippen LogP contribution is 2.29. The first-order valence-corrected chi connectivity index (χ1v) is 8.95. The minimum atomic E-state index is -0.0153. The van der Waals surface area contributed by atoms with Crippen LogP contribution in [0.2, 0.25) is 0 Å². The molecular weight excluding hydrogens is 438 g/mol. The average Bonchev–Trinajstić information content (AvgIpc) is 2.40. The third-order valence-corrected chi connectivity index (χ3v) is 5.90. The van der Waals surface area contributed by atoms with Gasteiger partial charge in [-0.25, -0.2) is 0 Å². The van der Waals surface area contributed by atoms with Gasteiger partial charge in [0.15, 0.2) is 0 Å². The van der Waals surface area contributed by atoms with Crippen LogP contribution in [0.4, 0.5) is 0 Å². The number of halogens is 3. The molecule has 2 atom stereocenters. The van der Waals surface area contributed by atoms with Gasteiger partial charge in [0, 0.05) is 20.3 Å². The summed E-state index contributed by atoms with van der Waals surface area (Å²) in [6.45, 7) is 0.744. The van der Waals surface area contributed by atoms with Gasteiger partial charge >= 0.3 is 0 Å². The maximum Gasteiger partial charge on any atom is 0.252 e. The highest BCUT2D eigenvalue weighted by atomic mass is 79.9. The van der Waals surface area contributed by atoms with Crippen LogP contribution in [0, 0.1) is 5.92 Å². The van der Waals surface area contributed by atoms with Gasteiger partial charge in [0.2, 0.25) is 0 Å². The molecule has 1 amide bonds. The van der Waals surface area contributed by atoms with E-state index in [4.69, 9.17) is 0 Å². The molecule has 19 heavy (non-hydrogen) atoms. The molecule has 0 bridgehead atoms. The van der Waals surface area contributed by atoms with Crippen molar-refractivity contribution in [2.45, 2.75) is 30.5 Å². The number of hydrogen-bond donors (Lipinski definition) is 1. The van der Waals surface area contributed by atoms with Crippen molar-refractivity contribution in [2.75, 3.05) is 6.54 Å². The number of carbonyl (C=O) groups is 1. The van der Waals surface area contributed by atoms with Crippen LogP contribution in [0.3, 0.4) is 0 Å². The van der Waals surface area contributed by atoms with E-state index in [0.717, 1.165) is 15.5 Å². The van der Waals surface area contributed by atoms with Crippen molar-refractivity contribution < 1.29 is 4.79 Å². The summed E-state index contributed by atoms with van der Waals surface area (Å²) in [4.78, 5) is 12.7. The Morgan fingerprint density at radius 3 is 2.74 bits per heavy atom. The predicted octanol–water partition coefficient (Wildman–Crippen LogP) is 4.90. The van der Waals surface area contributed by atoms with Gasteiger partial charge in [0.1, 0.15) is 0 Å². The maximum atomic E-state index is 12.2. The monoisotopic (exact) mass is 451 g/mol. The predicted molar refractivity (Wildman–Crippen MR) is 88.8 cm³/mol. The quantitative estimate of drug-likeness (QED) is 0.648. The Morgan fingerprint density at radius 2 is 2.00 bits per heavy atom. The SMILES string of the molecule is O=C(NCC1CCCCC1Br)c1cc(Br)ccc1Br. The van der Waals surface area contributed by atoms with E-state index in [0.29, 0.717) is 16.3 Å². The van der Waals surface area contributed by atoms with Crippen LogP contribution in [0.15, 0.2) is 27.1 Å². The second-order valence-corrected chi connectivity index (χ2v) is 7.84. The number of amides is 1. The maximum absolute atomic E-state index is 12.2. The van der Waals surface area contributed by atoms with Crippen LogP contribution in [0.1, 0.15) is 36.0 Å². The Bertz CT molecular complexity index is 464. The zero-order valence-corrected chi connectivity index (χ0v) is 15.2. The summed E-state index contributed by atoms with van der Waals surface area (Å²) < 4.78 is 1.74. The molecule has 0 aromatic heterocycles. The van der Waals surface area contributed by atoms with Crippen molar-refractivity contribution in [2.24, 2.45) is 5.92 Å². The third-order valence-electron chi connectivity index (χ3n) is 3.51. The molecular formula is C14H16Br3NO. The van der Waals surface area contributed by atoms with Gasteiger partial charge in [-0.2, -0.15) is 0 Å². The lowest BCUT2D eigenvalue weighted by atomic mass is 9.89. The Kier molecular flexibility index (Phi) is 5.90. The molecule has 1 N–H and O–H groups in total. The van der Waals surface area contributed by atoms with Crippen LogP contribution in [-0.4, -0.2) is 17.3 Å². The van der Waals surface area contributed by atoms with Crippen LogP contribution in [0.25, 0.3) is 0 Å². The second-order valence-electron chi connectivity index (χ2n) is 4.89. The van der Waals surface area contributed by atoms with Crippen molar-refractivity contribution in [3.8, 4) is 0 Å². The second kappa shape index (κ2) is 7.23. The summed E-state index contributed by atoms with van der Waals surface area (Å²) in [5.41, 5.74) is 0.677. The van der Waals surface area contributed by atoms with E-state index in [-0.39, 0.29) is 5.91 Å². The molecule has 1 aromatic rings. The number of carbonyl (C=O) groups excluding carboxylic acids is 1. The molecule has 104 valence electrons. The van der Waals surface area contributed by atoms with Gasteiger partial charge in [-0.3, -0.25) is 4.79 Å². The van der Waals surface area contributed by atoms with Crippen molar-refractivity contribution in [3.63, 3.8) is 0 Å². The summed E-state index contributed by atoms with van der Waals surface area (Å²) in [7, 11) is 0. The molecule has 5 heteroatoms. The fraction of sp³-hybridized carbons (Fsp3) is 0.500. The van der Waals surface area contributed by atoms with Crippen molar-refractivity contribution in [3.05, 3.63) is 32.7 Å². The number of nitrogens with one attached hydrogen (secondary N) is 1. The van der Waals surface area contributed by atoms with Crippen LogP contribution in [0.5, 0.6) is 0 Å².